The second kappa shape index (κ2) is 6.60. The second-order valence-electron chi connectivity index (χ2n) is 5.49. The Morgan fingerprint density at radius 1 is 1.29 bits per heavy atom. The molecular formula is C13H25ClN2O. The summed E-state index contributed by atoms with van der Waals surface area (Å²) >= 11 is 0. The molecule has 2 aliphatic carbocycles. The molecule has 0 aromatic rings. The molecule has 3 nitrogen and oxygen atoms in total. The van der Waals surface area contributed by atoms with Crippen molar-refractivity contribution in [1.29, 1.82) is 0 Å². The number of carbonyl (C=O) groups excluding carboxylic acids is 1. The van der Waals surface area contributed by atoms with Gasteiger partial charge in [0.25, 0.3) is 0 Å². The van der Waals surface area contributed by atoms with E-state index < -0.39 is 0 Å². The standard InChI is InChI=1S/C13H24N2O.ClH/c1-2-6-15-13(16)11-7-9-4-3-5-10(8-11)12(9)14;/h9-12H,2-8,14H2,1H3,(H,15,16);1H. The van der Waals surface area contributed by atoms with E-state index in [1.807, 2.05) is 0 Å². The van der Waals surface area contributed by atoms with E-state index >= 15 is 0 Å². The van der Waals surface area contributed by atoms with Crippen molar-refractivity contribution < 1.29 is 4.79 Å². The van der Waals surface area contributed by atoms with Gasteiger partial charge in [0, 0.05) is 18.5 Å². The predicted octanol–water partition coefficient (Wildman–Crippen LogP) is 2.09. The summed E-state index contributed by atoms with van der Waals surface area (Å²) in [6.07, 6.45) is 6.84. The molecule has 2 bridgehead atoms. The lowest BCUT2D eigenvalue weighted by molar-refractivity contribution is -0.127. The fourth-order valence-corrected chi connectivity index (χ4v) is 3.40. The van der Waals surface area contributed by atoms with Gasteiger partial charge in [0.05, 0.1) is 0 Å². The maximum Gasteiger partial charge on any atom is 0.223 e. The van der Waals surface area contributed by atoms with Crippen LogP contribution in [-0.2, 0) is 4.79 Å². The molecule has 4 heteroatoms. The van der Waals surface area contributed by atoms with Crippen molar-refractivity contribution in [3.8, 4) is 0 Å². The van der Waals surface area contributed by atoms with Crippen LogP contribution in [-0.4, -0.2) is 18.5 Å². The Kier molecular flexibility index (Phi) is 5.74. The molecule has 2 atom stereocenters. The molecule has 2 saturated carbocycles. The van der Waals surface area contributed by atoms with Gasteiger partial charge >= 0.3 is 0 Å². The topological polar surface area (TPSA) is 55.1 Å². The first-order valence-electron chi connectivity index (χ1n) is 6.75. The predicted molar refractivity (Wildman–Crippen MR) is 72.1 cm³/mol. The molecule has 2 unspecified atom stereocenters. The number of carbonyl (C=O) groups is 1. The molecule has 100 valence electrons. The van der Waals surface area contributed by atoms with E-state index in [1.54, 1.807) is 0 Å². The first-order valence-corrected chi connectivity index (χ1v) is 6.75. The Morgan fingerprint density at radius 3 is 2.41 bits per heavy atom. The van der Waals surface area contributed by atoms with E-state index in [0.29, 0.717) is 17.9 Å². The Hall–Kier alpha value is -0.280. The molecule has 0 saturated heterocycles. The van der Waals surface area contributed by atoms with Crippen LogP contribution in [0.4, 0.5) is 0 Å². The molecule has 2 rings (SSSR count). The molecule has 0 heterocycles. The van der Waals surface area contributed by atoms with Crippen LogP contribution in [0.2, 0.25) is 0 Å². The molecule has 3 N–H and O–H groups in total. The maximum atomic E-state index is 11.9. The number of amides is 1. The average molecular weight is 261 g/mol. The van der Waals surface area contributed by atoms with Crippen LogP contribution in [0.1, 0.15) is 45.4 Å². The third-order valence-corrected chi connectivity index (χ3v) is 4.33. The van der Waals surface area contributed by atoms with Crippen LogP contribution in [0.3, 0.4) is 0 Å². The molecule has 0 aromatic heterocycles. The van der Waals surface area contributed by atoms with Crippen molar-refractivity contribution >= 4 is 18.3 Å². The van der Waals surface area contributed by atoms with Gasteiger partial charge in [-0.2, -0.15) is 0 Å². The van der Waals surface area contributed by atoms with E-state index in [0.717, 1.165) is 25.8 Å². The van der Waals surface area contributed by atoms with Crippen molar-refractivity contribution in [3.05, 3.63) is 0 Å². The van der Waals surface area contributed by atoms with Gasteiger partial charge in [0.2, 0.25) is 5.91 Å². The summed E-state index contributed by atoms with van der Waals surface area (Å²) in [5.41, 5.74) is 6.22. The van der Waals surface area contributed by atoms with Crippen molar-refractivity contribution in [2.45, 2.75) is 51.5 Å². The van der Waals surface area contributed by atoms with Gasteiger partial charge < -0.3 is 11.1 Å². The van der Waals surface area contributed by atoms with Gasteiger partial charge in [-0.05, 0) is 43.9 Å². The van der Waals surface area contributed by atoms with Crippen molar-refractivity contribution in [3.63, 3.8) is 0 Å². The number of hydrogen-bond donors (Lipinski definition) is 2. The van der Waals surface area contributed by atoms with Gasteiger partial charge in [0.15, 0.2) is 0 Å². The number of nitrogens with two attached hydrogens (primary N) is 1. The van der Waals surface area contributed by atoms with Crippen LogP contribution in [0.5, 0.6) is 0 Å². The number of rotatable bonds is 3. The van der Waals surface area contributed by atoms with Crippen LogP contribution in [0.25, 0.3) is 0 Å². The fraction of sp³-hybridized carbons (Fsp3) is 0.923. The minimum atomic E-state index is 0. The molecule has 2 aliphatic rings. The lowest BCUT2D eigenvalue weighted by atomic mass is 9.65. The number of nitrogens with one attached hydrogen (secondary N) is 1. The summed E-state index contributed by atoms with van der Waals surface area (Å²) in [7, 11) is 0. The Morgan fingerprint density at radius 2 is 1.88 bits per heavy atom. The van der Waals surface area contributed by atoms with E-state index in [2.05, 4.69) is 12.2 Å². The van der Waals surface area contributed by atoms with Crippen LogP contribution >= 0.6 is 12.4 Å². The summed E-state index contributed by atoms with van der Waals surface area (Å²) in [6.45, 7) is 2.91. The van der Waals surface area contributed by atoms with Crippen molar-refractivity contribution in [2.24, 2.45) is 23.5 Å². The van der Waals surface area contributed by atoms with Crippen molar-refractivity contribution in [2.75, 3.05) is 6.54 Å². The molecule has 2 fully saturated rings. The van der Waals surface area contributed by atoms with Gasteiger partial charge in [0.1, 0.15) is 0 Å². The molecule has 0 aromatic carbocycles. The molecule has 1 amide bonds. The highest BCUT2D eigenvalue weighted by Gasteiger charge is 2.40. The Balaban J connectivity index is 0.00000144. The summed E-state index contributed by atoms with van der Waals surface area (Å²) in [4.78, 5) is 11.9. The van der Waals surface area contributed by atoms with E-state index in [-0.39, 0.29) is 24.2 Å². The zero-order valence-electron chi connectivity index (χ0n) is 10.7. The van der Waals surface area contributed by atoms with Crippen LogP contribution in [0, 0.1) is 17.8 Å². The SMILES string of the molecule is CCCNC(=O)C1CC2CCCC(C1)C2N.Cl. The number of fused-ring (bicyclic) bond motifs is 2. The fourth-order valence-electron chi connectivity index (χ4n) is 3.40. The lowest BCUT2D eigenvalue weighted by Crippen LogP contribution is -2.49. The van der Waals surface area contributed by atoms with Crippen LogP contribution in [0.15, 0.2) is 0 Å². The summed E-state index contributed by atoms with van der Waals surface area (Å²) in [5, 5.41) is 3.03. The zero-order chi connectivity index (χ0) is 11.5. The second-order valence-corrected chi connectivity index (χ2v) is 5.49. The highest BCUT2D eigenvalue weighted by Crippen LogP contribution is 2.41. The highest BCUT2D eigenvalue weighted by molar-refractivity contribution is 5.85. The first kappa shape index (κ1) is 14.8. The van der Waals surface area contributed by atoms with Crippen molar-refractivity contribution in [1.82, 2.24) is 5.32 Å². The van der Waals surface area contributed by atoms with Gasteiger partial charge in [-0.15, -0.1) is 12.4 Å². The zero-order valence-corrected chi connectivity index (χ0v) is 11.5. The maximum absolute atomic E-state index is 11.9. The normalized spacial score (nSPS) is 35.9. The average Bonchev–Trinajstić information content (AvgIpc) is 2.25. The summed E-state index contributed by atoms with van der Waals surface area (Å²) in [5.74, 6) is 1.71. The molecule has 0 radical (unpaired) electrons. The first-order chi connectivity index (χ1) is 7.72. The number of halogens is 1. The van der Waals surface area contributed by atoms with E-state index in [1.165, 1.54) is 19.3 Å². The van der Waals surface area contributed by atoms with E-state index in [9.17, 15) is 4.79 Å². The molecular weight excluding hydrogens is 236 g/mol. The smallest absolute Gasteiger partial charge is 0.223 e. The summed E-state index contributed by atoms with van der Waals surface area (Å²) < 4.78 is 0. The molecule has 0 aliphatic heterocycles. The molecule has 17 heavy (non-hydrogen) atoms. The Labute approximate surface area is 110 Å². The number of hydrogen-bond acceptors (Lipinski definition) is 2. The Bertz CT molecular complexity index is 246. The largest absolute Gasteiger partial charge is 0.356 e. The van der Waals surface area contributed by atoms with E-state index in [4.69, 9.17) is 5.73 Å². The third kappa shape index (κ3) is 3.35. The minimum absolute atomic E-state index is 0. The monoisotopic (exact) mass is 260 g/mol. The highest BCUT2D eigenvalue weighted by atomic mass is 35.5. The van der Waals surface area contributed by atoms with Gasteiger partial charge in [-0.1, -0.05) is 13.3 Å². The third-order valence-electron chi connectivity index (χ3n) is 4.33. The van der Waals surface area contributed by atoms with Crippen LogP contribution < -0.4 is 11.1 Å². The van der Waals surface area contributed by atoms with Gasteiger partial charge in [-0.25, -0.2) is 0 Å². The van der Waals surface area contributed by atoms with Gasteiger partial charge in [-0.3, -0.25) is 4.79 Å². The molecule has 0 spiro atoms. The minimum Gasteiger partial charge on any atom is -0.356 e. The summed E-state index contributed by atoms with van der Waals surface area (Å²) in [6, 6.07) is 0.365. The lowest BCUT2D eigenvalue weighted by Gasteiger charge is -2.43. The quantitative estimate of drug-likeness (QED) is 0.817.